The van der Waals surface area contributed by atoms with E-state index in [1.807, 2.05) is 6.92 Å². The smallest absolute Gasteiger partial charge is 0.262 e. The van der Waals surface area contributed by atoms with Crippen LogP contribution in [0.4, 0.5) is 15.8 Å². The molecule has 0 radical (unpaired) electrons. The van der Waals surface area contributed by atoms with Crippen LogP contribution in [-0.4, -0.2) is 27.2 Å². The van der Waals surface area contributed by atoms with Crippen LogP contribution in [0, 0.1) is 5.82 Å². The molecule has 144 valence electrons. The maximum Gasteiger partial charge on any atom is 0.262 e. The first-order valence-electron chi connectivity index (χ1n) is 7.87. The van der Waals surface area contributed by atoms with Crippen LogP contribution in [0.5, 0.6) is 5.75 Å². The van der Waals surface area contributed by atoms with Crippen LogP contribution in [0.1, 0.15) is 6.92 Å². The lowest BCUT2D eigenvalue weighted by Crippen LogP contribution is -2.29. The van der Waals surface area contributed by atoms with E-state index in [4.69, 9.17) is 17.0 Å². The molecular weight excluding hydrogens is 389 g/mol. The van der Waals surface area contributed by atoms with Crippen molar-refractivity contribution in [3.8, 4) is 5.75 Å². The van der Waals surface area contributed by atoms with Crippen molar-refractivity contribution in [2.45, 2.75) is 11.8 Å². The molecule has 0 unspecified atom stereocenters. The van der Waals surface area contributed by atoms with Crippen molar-refractivity contribution in [1.29, 1.82) is 0 Å². The summed E-state index contributed by atoms with van der Waals surface area (Å²) in [5, 5.41) is 6.31. The lowest BCUT2D eigenvalue weighted by Gasteiger charge is -2.15. The van der Waals surface area contributed by atoms with Gasteiger partial charge in [0.2, 0.25) is 0 Å². The van der Waals surface area contributed by atoms with Gasteiger partial charge in [-0.05, 0) is 61.6 Å². The summed E-state index contributed by atoms with van der Waals surface area (Å²) < 4.78 is 45.8. The summed E-state index contributed by atoms with van der Waals surface area (Å²) in [6.07, 6.45) is 0. The highest BCUT2D eigenvalue weighted by Crippen LogP contribution is 2.30. The second-order valence-electron chi connectivity index (χ2n) is 5.74. The molecule has 3 N–H and O–H groups in total. The van der Waals surface area contributed by atoms with Gasteiger partial charge in [0.1, 0.15) is 11.6 Å². The Morgan fingerprint density at radius 2 is 1.89 bits per heavy atom. The molecule has 0 amide bonds. The van der Waals surface area contributed by atoms with Crippen LogP contribution in [0.3, 0.4) is 0 Å². The Labute approximate surface area is 163 Å². The highest BCUT2D eigenvalue weighted by atomic mass is 32.2. The summed E-state index contributed by atoms with van der Waals surface area (Å²) in [5.41, 5.74) is 1.70. The van der Waals surface area contributed by atoms with Crippen LogP contribution < -0.4 is 20.1 Å². The Balaban J connectivity index is 2.23. The van der Waals surface area contributed by atoms with E-state index >= 15 is 0 Å². The van der Waals surface area contributed by atoms with Gasteiger partial charge in [-0.3, -0.25) is 4.72 Å². The third kappa shape index (κ3) is 5.93. The number of benzene rings is 2. The van der Waals surface area contributed by atoms with E-state index in [2.05, 4.69) is 21.9 Å². The topological polar surface area (TPSA) is 79.5 Å². The molecule has 0 fully saturated rings. The zero-order chi connectivity index (χ0) is 20.0. The van der Waals surface area contributed by atoms with Gasteiger partial charge in [0.15, 0.2) is 5.11 Å². The number of halogens is 1. The zero-order valence-corrected chi connectivity index (χ0v) is 16.5. The van der Waals surface area contributed by atoms with Gasteiger partial charge in [-0.2, -0.15) is 0 Å². The van der Waals surface area contributed by atoms with E-state index in [9.17, 15) is 12.8 Å². The molecule has 0 bridgehead atoms. The maximum atomic E-state index is 13.0. The van der Waals surface area contributed by atoms with E-state index in [-0.39, 0.29) is 10.6 Å². The molecule has 0 saturated heterocycles. The van der Waals surface area contributed by atoms with E-state index in [1.54, 1.807) is 18.2 Å². The van der Waals surface area contributed by atoms with Crippen LogP contribution in [0.2, 0.25) is 0 Å². The Morgan fingerprint density at radius 1 is 1.22 bits per heavy atom. The predicted octanol–water partition coefficient (Wildman–Crippen LogP) is 3.50. The van der Waals surface area contributed by atoms with E-state index in [0.717, 1.165) is 17.7 Å². The fourth-order valence-corrected chi connectivity index (χ4v) is 3.34. The molecule has 2 rings (SSSR count). The minimum Gasteiger partial charge on any atom is -0.495 e. The summed E-state index contributed by atoms with van der Waals surface area (Å²) in [6.45, 7) is 6.17. The van der Waals surface area contributed by atoms with Gasteiger partial charge in [-0.25, -0.2) is 12.8 Å². The van der Waals surface area contributed by atoms with Crippen LogP contribution in [0.15, 0.2) is 59.5 Å². The van der Waals surface area contributed by atoms with Crippen molar-refractivity contribution in [2.24, 2.45) is 0 Å². The number of methoxy groups -OCH3 is 1. The van der Waals surface area contributed by atoms with Gasteiger partial charge >= 0.3 is 0 Å². The lowest BCUT2D eigenvalue weighted by atomic mass is 10.2. The average Bonchev–Trinajstić information content (AvgIpc) is 2.60. The predicted molar refractivity (Wildman–Crippen MR) is 109 cm³/mol. The molecular formula is C18H20FN3O3S2. The number of rotatable bonds is 7. The first kappa shape index (κ1) is 20.7. The molecule has 0 saturated carbocycles. The van der Waals surface area contributed by atoms with Crippen molar-refractivity contribution in [3.05, 3.63) is 60.4 Å². The van der Waals surface area contributed by atoms with Crippen molar-refractivity contribution in [1.82, 2.24) is 5.32 Å². The number of hydrogen-bond acceptors (Lipinski definition) is 4. The lowest BCUT2D eigenvalue weighted by molar-refractivity contribution is 0.417. The van der Waals surface area contributed by atoms with Crippen molar-refractivity contribution in [2.75, 3.05) is 23.7 Å². The van der Waals surface area contributed by atoms with Crippen LogP contribution in [-0.2, 0) is 10.0 Å². The molecule has 2 aromatic carbocycles. The van der Waals surface area contributed by atoms with Gasteiger partial charge in [0.05, 0.1) is 17.7 Å². The summed E-state index contributed by atoms with van der Waals surface area (Å²) in [5.74, 6) is -0.194. The third-order valence-corrected chi connectivity index (χ3v) is 5.00. The molecule has 0 aromatic heterocycles. The minimum absolute atomic E-state index is 0.0667. The van der Waals surface area contributed by atoms with Gasteiger partial charge in [-0.15, -0.1) is 0 Å². The van der Waals surface area contributed by atoms with Gasteiger partial charge in [-0.1, -0.05) is 12.2 Å². The Hall–Kier alpha value is -2.65. The molecule has 27 heavy (non-hydrogen) atoms. The molecule has 0 atom stereocenters. The number of sulfonamides is 1. The third-order valence-electron chi connectivity index (χ3n) is 3.38. The minimum atomic E-state index is -3.91. The standard InChI is InChI=1S/C18H20FN3O3S2/c1-12(2)11-20-18(26)21-14-6-9-17(25-3)16(10-14)22-27(23,24)15-7-4-13(19)5-8-15/h4-10,22H,1,11H2,2-3H3,(H2,20,21,26). The average molecular weight is 410 g/mol. The highest BCUT2D eigenvalue weighted by Gasteiger charge is 2.17. The van der Waals surface area contributed by atoms with Crippen molar-refractivity contribution < 1.29 is 17.5 Å². The highest BCUT2D eigenvalue weighted by molar-refractivity contribution is 7.92. The van der Waals surface area contributed by atoms with Crippen molar-refractivity contribution >= 4 is 38.7 Å². The molecule has 0 aliphatic rings. The van der Waals surface area contributed by atoms with Gasteiger partial charge in [0, 0.05) is 12.2 Å². The molecule has 0 aliphatic carbocycles. The molecule has 9 heteroatoms. The number of nitrogens with one attached hydrogen (secondary N) is 3. The summed E-state index contributed by atoms with van der Waals surface area (Å²) in [7, 11) is -2.49. The number of anilines is 2. The van der Waals surface area contributed by atoms with Crippen LogP contribution in [0.25, 0.3) is 0 Å². The van der Waals surface area contributed by atoms with E-state index in [1.165, 1.54) is 19.2 Å². The summed E-state index contributed by atoms with van der Waals surface area (Å²) in [4.78, 5) is -0.0667. The second-order valence-corrected chi connectivity index (χ2v) is 7.83. The van der Waals surface area contributed by atoms with Gasteiger partial charge < -0.3 is 15.4 Å². The first-order chi connectivity index (χ1) is 12.7. The number of ether oxygens (including phenoxy) is 1. The monoisotopic (exact) mass is 409 g/mol. The largest absolute Gasteiger partial charge is 0.495 e. The number of thiocarbonyl (C=S) groups is 1. The first-order valence-corrected chi connectivity index (χ1v) is 9.76. The Bertz CT molecular complexity index is 945. The molecule has 0 spiro atoms. The maximum absolute atomic E-state index is 13.0. The zero-order valence-electron chi connectivity index (χ0n) is 14.9. The quantitative estimate of drug-likeness (QED) is 0.480. The molecule has 2 aromatic rings. The van der Waals surface area contributed by atoms with E-state index in [0.29, 0.717) is 23.1 Å². The second kappa shape index (κ2) is 8.83. The Kier molecular flexibility index (Phi) is 6.75. The van der Waals surface area contributed by atoms with Crippen molar-refractivity contribution in [3.63, 3.8) is 0 Å². The summed E-state index contributed by atoms with van der Waals surface area (Å²) in [6, 6.07) is 9.38. The molecule has 6 nitrogen and oxygen atoms in total. The number of hydrogen-bond donors (Lipinski definition) is 3. The SMILES string of the molecule is C=C(C)CNC(=S)Nc1ccc(OC)c(NS(=O)(=O)c2ccc(F)cc2)c1. The fraction of sp³-hybridized carbons (Fsp3) is 0.167. The van der Waals surface area contributed by atoms with Crippen LogP contribution >= 0.6 is 12.2 Å². The molecule has 0 aliphatic heterocycles. The molecule has 0 heterocycles. The van der Waals surface area contributed by atoms with E-state index < -0.39 is 15.8 Å². The Morgan fingerprint density at radius 3 is 2.48 bits per heavy atom. The normalized spacial score (nSPS) is 10.8. The van der Waals surface area contributed by atoms with Gasteiger partial charge in [0.25, 0.3) is 10.0 Å². The summed E-state index contributed by atoms with van der Waals surface area (Å²) >= 11 is 5.19. The fourth-order valence-electron chi connectivity index (χ4n) is 2.09.